The van der Waals surface area contributed by atoms with E-state index in [-0.39, 0.29) is 18.0 Å². The second-order valence-corrected chi connectivity index (χ2v) is 8.30. The predicted molar refractivity (Wildman–Crippen MR) is 80.4 cm³/mol. The highest BCUT2D eigenvalue weighted by atomic mass is 16.5. The summed E-state index contributed by atoms with van der Waals surface area (Å²) >= 11 is 0. The largest absolute Gasteiger partial charge is 0.462 e. The minimum absolute atomic E-state index is 0.166. The van der Waals surface area contributed by atoms with Gasteiger partial charge in [-0.05, 0) is 80.5 Å². The maximum Gasteiger partial charge on any atom is 0.309 e. The van der Waals surface area contributed by atoms with Gasteiger partial charge >= 0.3 is 5.97 Å². The summed E-state index contributed by atoms with van der Waals surface area (Å²) < 4.78 is 5.90. The molecule has 4 fully saturated rings. The molecule has 0 amide bonds. The SMILES string of the molecule is O=C(OC1CCCCC1)C1CC2CC1C1C3C=CC(C3)C21. The van der Waals surface area contributed by atoms with E-state index < -0.39 is 0 Å². The number of rotatable bonds is 2. The highest BCUT2D eigenvalue weighted by Crippen LogP contribution is 2.67. The highest BCUT2D eigenvalue weighted by Gasteiger charge is 2.62. The van der Waals surface area contributed by atoms with E-state index in [9.17, 15) is 4.79 Å². The van der Waals surface area contributed by atoms with Crippen molar-refractivity contribution in [2.45, 2.75) is 57.5 Å². The van der Waals surface area contributed by atoms with Crippen molar-refractivity contribution in [3.05, 3.63) is 12.2 Å². The molecule has 4 saturated carbocycles. The first-order valence-electron chi connectivity index (χ1n) is 9.20. The summed E-state index contributed by atoms with van der Waals surface area (Å²) in [4.78, 5) is 12.7. The van der Waals surface area contributed by atoms with Crippen molar-refractivity contribution in [1.29, 1.82) is 0 Å². The Bertz CT molecular complexity index is 476. The average Bonchev–Trinajstić information content (AvgIpc) is 3.26. The Morgan fingerprint density at radius 2 is 1.67 bits per heavy atom. The van der Waals surface area contributed by atoms with Gasteiger partial charge in [-0.25, -0.2) is 0 Å². The topological polar surface area (TPSA) is 26.3 Å². The number of fused-ring (bicyclic) bond motifs is 9. The molecule has 0 aromatic carbocycles. The number of hydrogen-bond donors (Lipinski definition) is 0. The van der Waals surface area contributed by atoms with E-state index in [1.165, 1.54) is 32.1 Å². The van der Waals surface area contributed by atoms with E-state index in [0.29, 0.717) is 5.92 Å². The molecule has 7 unspecified atom stereocenters. The Kier molecular flexibility index (Phi) is 2.79. The van der Waals surface area contributed by atoms with Crippen LogP contribution in [0.4, 0.5) is 0 Å². The fourth-order valence-corrected chi connectivity index (χ4v) is 6.72. The Balaban J connectivity index is 1.29. The fourth-order valence-electron chi connectivity index (χ4n) is 6.72. The molecule has 5 aliphatic rings. The summed E-state index contributed by atoms with van der Waals surface area (Å²) in [7, 11) is 0. The van der Waals surface area contributed by atoms with Crippen LogP contribution in [0.3, 0.4) is 0 Å². The van der Waals surface area contributed by atoms with Crippen LogP contribution in [0.25, 0.3) is 0 Å². The molecular formula is C19H26O2. The van der Waals surface area contributed by atoms with Gasteiger partial charge in [-0.15, -0.1) is 0 Å². The number of ether oxygens (including phenoxy) is 1. The standard InChI is InChI=1S/C19H26O2/c20-19(21-14-4-2-1-3-5-14)16-10-13-9-15(16)18-12-7-6-11(8-12)17(13)18/h6-7,11-18H,1-5,8-10H2. The number of esters is 1. The molecule has 0 aromatic heterocycles. The van der Waals surface area contributed by atoms with Crippen LogP contribution in [0.2, 0.25) is 0 Å². The van der Waals surface area contributed by atoms with Gasteiger partial charge in [-0.1, -0.05) is 18.6 Å². The van der Waals surface area contributed by atoms with Crippen LogP contribution >= 0.6 is 0 Å². The van der Waals surface area contributed by atoms with Crippen LogP contribution in [-0.2, 0) is 9.53 Å². The van der Waals surface area contributed by atoms with Crippen LogP contribution in [0.1, 0.15) is 51.4 Å². The second kappa shape index (κ2) is 4.60. The molecule has 0 aromatic rings. The molecule has 2 heteroatoms. The Morgan fingerprint density at radius 1 is 0.905 bits per heavy atom. The molecule has 114 valence electrons. The Morgan fingerprint density at radius 3 is 2.48 bits per heavy atom. The maximum atomic E-state index is 12.7. The molecule has 5 rings (SSSR count). The lowest BCUT2D eigenvalue weighted by Gasteiger charge is -2.36. The average molecular weight is 286 g/mol. The zero-order chi connectivity index (χ0) is 14.0. The van der Waals surface area contributed by atoms with E-state index in [1.54, 1.807) is 0 Å². The Labute approximate surface area is 127 Å². The highest BCUT2D eigenvalue weighted by molar-refractivity contribution is 5.74. The lowest BCUT2D eigenvalue weighted by Crippen LogP contribution is -2.36. The monoisotopic (exact) mass is 286 g/mol. The summed E-state index contributed by atoms with van der Waals surface area (Å²) in [6.45, 7) is 0. The van der Waals surface area contributed by atoms with Crippen LogP contribution in [0, 0.1) is 41.4 Å². The first kappa shape index (κ1) is 12.7. The van der Waals surface area contributed by atoms with Gasteiger partial charge in [0, 0.05) is 0 Å². The normalized spacial score (nSPS) is 50.6. The minimum atomic E-state index is 0.166. The van der Waals surface area contributed by atoms with Crippen molar-refractivity contribution in [3.63, 3.8) is 0 Å². The number of hydrogen-bond acceptors (Lipinski definition) is 2. The van der Waals surface area contributed by atoms with Crippen LogP contribution in [0.15, 0.2) is 12.2 Å². The fraction of sp³-hybridized carbons (Fsp3) is 0.842. The molecule has 7 atom stereocenters. The van der Waals surface area contributed by atoms with E-state index in [1.807, 2.05) is 0 Å². The van der Waals surface area contributed by atoms with Crippen molar-refractivity contribution in [1.82, 2.24) is 0 Å². The summed E-state index contributed by atoms with van der Waals surface area (Å²) in [6, 6.07) is 0. The van der Waals surface area contributed by atoms with Crippen molar-refractivity contribution in [3.8, 4) is 0 Å². The molecule has 0 aliphatic heterocycles. The zero-order valence-electron chi connectivity index (χ0n) is 12.7. The minimum Gasteiger partial charge on any atom is -0.462 e. The molecule has 4 bridgehead atoms. The molecule has 21 heavy (non-hydrogen) atoms. The van der Waals surface area contributed by atoms with Gasteiger partial charge in [0.2, 0.25) is 0 Å². The molecule has 0 saturated heterocycles. The van der Waals surface area contributed by atoms with Gasteiger partial charge in [0.05, 0.1) is 5.92 Å². The van der Waals surface area contributed by atoms with Gasteiger partial charge in [-0.3, -0.25) is 4.79 Å². The summed E-state index contributed by atoms with van der Waals surface area (Å²) in [5, 5.41) is 0. The van der Waals surface area contributed by atoms with Gasteiger partial charge in [0.25, 0.3) is 0 Å². The van der Waals surface area contributed by atoms with Crippen molar-refractivity contribution >= 4 is 5.97 Å². The number of carbonyl (C=O) groups excluding carboxylic acids is 1. The second-order valence-electron chi connectivity index (χ2n) is 8.30. The van der Waals surface area contributed by atoms with Crippen molar-refractivity contribution < 1.29 is 9.53 Å². The predicted octanol–water partition coefficient (Wildman–Crippen LogP) is 3.96. The molecule has 0 N–H and O–H groups in total. The molecular weight excluding hydrogens is 260 g/mol. The maximum absolute atomic E-state index is 12.7. The van der Waals surface area contributed by atoms with Crippen molar-refractivity contribution in [2.24, 2.45) is 41.4 Å². The van der Waals surface area contributed by atoms with Gasteiger partial charge < -0.3 is 4.74 Å². The van der Waals surface area contributed by atoms with E-state index in [0.717, 1.165) is 48.9 Å². The zero-order valence-corrected chi connectivity index (χ0v) is 12.7. The lowest BCUT2D eigenvalue weighted by molar-refractivity contribution is -0.158. The first-order chi connectivity index (χ1) is 10.3. The molecule has 2 nitrogen and oxygen atoms in total. The summed E-state index contributed by atoms with van der Waals surface area (Å²) in [6.07, 6.45) is 15.0. The van der Waals surface area contributed by atoms with Crippen LogP contribution in [-0.4, -0.2) is 12.1 Å². The number of carbonyl (C=O) groups is 1. The van der Waals surface area contributed by atoms with Gasteiger partial charge in [0.15, 0.2) is 0 Å². The summed E-state index contributed by atoms with van der Waals surface area (Å²) in [5.74, 6) is 5.27. The molecule has 0 radical (unpaired) electrons. The van der Waals surface area contributed by atoms with E-state index in [2.05, 4.69) is 12.2 Å². The van der Waals surface area contributed by atoms with Gasteiger partial charge in [-0.2, -0.15) is 0 Å². The van der Waals surface area contributed by atoms with Crippen LogP contribution < -0.4 is 0 Å². The third kappa shape index (κ3) is 1.80. The third-order valence-electron chi connectivity index (χ3n) is 7.41. The quantitative estimate of drug-likeness (QED) is 0.436. The van der Waals surface area contributed by atoms with Crippen LogP contribution in [0.5, 0.6) is 0 Å². The van der Waals surface area contributed by atoms with E-state index >= 15 is 0 Å². The Hall–Kier alpha value is -0.790. The molecule has 5 aliphatic carbocycles. The molecule has 0 spiro atoms. The first-order valence-corrected chi connectivity index (χ1v) is 9.20. The van der Waals surface area contributed by atoms with E-state index in [4.69, 9.17) is 4.74 Å². The summed E-state index contributed by atoms with van der Waals surface area (Å²) in [5.41, 5.74) is 0. The van der Waals surface area contributed by atoms with Crippen molar-refractivity contribution in [2.75, 3.05) is 0 Å². The number of allylic oxidation sites excluding steroid dienone is 2. The lowest BCUT2D eigenvalue weighted by atomic mass is 9.69. The molecule has 0 heterocycles. The third-order valence-corrected chi connectivity index (χ3v) is 7.41. The smallest absolute Gasteiger partial charge is 0.309 e. The van der Waals surface area contributed by atoms with Gasteiger partial charge in [0.1, 0.15) is 6.10 Å².